The second-order valence-corrected chi connectivity index (χ2v) is 5.89. The van der Waals surface area contributed by atoms with Gasteiger partial charge < -0.3 is 10.0 Å². The maximum Gasteiger partial charge on any atom is 0.272 e. The van der Waals surface area contributed by atoms with Crippen LogP contribution in [0.5, 0.6) is 0 Å². The van der Waals surface area contributed by atoms with E-state index in [9.17, 15) is 9.90 Å². The van der Waals surface area contributed by atoms with E-state index in [0.29, 0.717) is 25.2 Å². The Labute approximate surface area is 113 Å². The number of hydrogen-bond acceptors (Lipinski definition) is 3. The molecule has 3 rings (SSSR count). The highest BCUT2D eigenvalue weighted by atomic mass is 16.3. The highest BCUT2D eigenvalue weighted by molar-refractivity contribution is 5.92. The van der Waals surface area contributed by atoms with Gasteiger partial charge in [-0.25, -0.2) is 0 Å². The normalized spacial score (nSPS) is 31.1. The molecule has 2 heterocycles. The predicted molar refractivity (Wildman–Crippen MR) is 70.6 cm³/mol. The number of piperidine rings is 1. The Balaban J connectivity index is 1.74. The lowest BCUT2D eigenvalue weighted by molar-refractivity contribution is -0.0887. The number of aromatic nitrogens is 2. The zero-order valence-corrected chi connectivity index (χ0v) is 11.4. The molecule has 1 saturated carbocycles. The number of nitrogens with zero attached hydrogens (tertiary/aromatic N) is 3. The monoisotopic (exact) mass is 263 g/mol. The summed E-state index contributed by atoms with van der Waals surface area (Å²) < 4.78 is 1.62. The first-order valence-electron chi connectivity index (χ1n) is 7.10. The van der Waals surface area contributed by atoms with Crippen molar-refractivity contribution in [2.24, 2.45) is 13.0 Å². The summed E-state index contributed by atoms with van der Waals surface area (Å²) in [5.74, 6) is 0.278. The molecule has 5 nitrogen and oxygen atoms in total. The van der Waals surface area contributed by atoms with Crippen molar-refractivity contribution in [1.82, 2.24) is 14.7 Å². The van der Waals surface area contributed by atoms with Crippen molar-refractivity contribution in [2.45, 2.75) is 37.7 Å². The fourth-order valence-corrected chi connectivity index (χ4v) is 3.50. The fraction of sp³-hybridized carbons (Fsp3) is 0.714. The van der Waals surface area contributed by atoms with Gasteiger partial charge in [0, 0.05) is 32.3 Å². The van der Waals surface area contributed by atoms with E-state index in [1.165, 1.54) is 6.42 Å². The molecular weight excluding hydrogens is 242 g/mol. The van der Waals surface area contributed by atoms with Crippen molar-refractivity contribution >= 4 is 5.91 Å². The first-order valence-corrected chi connectivity index (χ1v) is 7.10. The van der Waals surface area contributed by atoms with E-state index in [-0.39, 0.29) is 11.8 Å². The molecule has 1 amide bonds. The van der Waals surface area contributed by atoms with Gasteiger partial charge in [0.05, 0.1) is 5.60 Å². The summed E-state index contributed by atoms with van der Waals surface area (Å²) in [4.78, 5) is 14.3. The van der Waals surface area contributed by atoms with Crippen LogP contribution in [0.15, 0.2) is 12.3 Å². The number of hydrogen-bond donors (Lipinski definition) is 1. The van der Waals surface area contributed by atoms with Crippen molar-refractivity contribution in [3.8, 4) is 0 Å². The summed E-state index contributed by atoms with van der Waals surface area (Å²) in [6, 6.07) is 1.75. The second-order valence-electron chi connectivity index (χ2n) is 5.89. The number of carbonyl (C=O) groups is 1. The fourth-order valence-electron chi connectivity index (χ4n) is 3.50. The van der Waals surface area contributed by atoms with Crippen LogP contribution in [0, 0.1) is 5.92 Å². The first kappa shape index (κ1) is 12.7. The molecule has 2 unspecified atom stereocenters. The van der Waals surface area contributed by atoms with Crippen LogP contribution in [0.3, 0.4) is 0 Å². The SMILES string of the molecule is Cn1nccc1C(=O)N1CCC2(O)CCCCC2C1. The van der Waals surface area contributed by atoms with Gasteiger partial charge in [-0.3, -0.25) is 9.48 Å². The molecule has 0 radical (unpaired) electrons. The van der Waals surface area contributed by atoms with Crippen molar-refractivity contribution in [3.05, 3.63) is 18.0 Å². The zero-order chi connectivity index (χ0) is 13.5. The summed E-state index contributed by atoms with van der Waals surface area (Å²) in [6.07, 6.45) is 6.57. The second kappa shape index (κ2) is 4.63. The molecule has 1 aliphatic heterocycles. The molecule has 2 aliphatic rings. The van der Waals surface area contributed by atoms with E-state index in [1.807, 2.05) is 4.90 Å². The number of likely N-dealkylation sites (tertiary alicyclic amines) is 1. The third-order valence-corrected chi connectivity index (χ3v) is 4.75. The zero-order valence-electron chi connectivity index (χ0n) is 11.4. The molecule has 2 atom stereocenters. The van der Waals surface area contributed by atoms with Gasteiger partial charge in [0.1, 0.15) is 5.69 Å². The van der Waals surface area contributed by atoms with Crippen molar-refractivity contribution in [3.63, 3.8) is 0 Å². The Bertz CT molecular complexity index is 485. The van der Waals surface area contributed by atoms with Gasteiger partial charge >= 0.3 is 0 Å². The van der Waals surface area contributed by atoms with E-state index in [2.05, 4.69) is 5.10 Å². The summed E-state index contributed by atoms with van der Waals surface area (Å²) in [7, 11) is 1.79. The Morgan fingerprint density at radius 1 is 1.47 bits per heavy atom. The number of carbonyl (C=O) groups excluding carboxylic acids is 1. The molecule has 5 heteroatoms. The van der Waals surface area contributed by atoms with E-state index in [1.54, 1.807) is 24.0 Å². The van der Waals surface area contributed by atoms with Gasteiger partial charge in [-0.2, -0.15) is 5.10 Å². The number of aliphatic hydroxyl groups is 1. The largest absolute Gasteiger partial charge is 0.389 e. The molecule has 19 heavy (non-hydrogen) atoms. The molecular formula is C14H21N3O2. The lowest BCUT2D eigenvalue weighted by atomic mass is 9.71. The molecule has 1 N–H and O–H groups in total. The van der Waals surface area contributed by atoms with Gasteiger partial charge in [-0.05, 0) is 25.3 Å². The number of aryl methyl sites for hydroxylation is 1. The third-order valence-electron chi connectivity index (χ3n) is 4.75. The van der Waals surface area contributed by atoms with Crippen LogP contribution in [0.2, 0.25) is 0 Å². The van der Waals surface area contributed by atoms with Gasteiger partial charge in [-0.15, -0.1) is 0 Å². The summed E-state index contributed by atoms with van der Waals surface area (Å²) in [6.45, 7) is 1.33. The summed E-state index contributed by atoms with van der Waals surface area (Å²) in [5, 5.41) is 14.7. The van der Waals surface area contributed by atoms with E-state index in [4.69, 9.17) is 0 Å². The Morgan fingerprint density at radius 2 is 2.32 bits per heavy atom. The number of amides is 1. The minimum Gasteiger partial charge on any atom is -0.389 e. The highest BCUT2D eigenvalue weighted by Crippen LogP contribution is 2.39. The summed E-state index contributed by atoms with van der Waals surface area (Å²) in [5.41, 5.74) is 0.0999. The molecule has 0 aromatic carbocycles. The molecule has 1 aromatic rings. The average molecular weight is 263 g/mol. The highest BCUT2D eigenvalue weighted by Gasteiger charge is 2.43. The van der Waals surface area contributed by atoms with E-state index >= 15 is 0 Å². The predicted octanol–water partition coefficient (Wildman–Crippen LogP) is 1.19. The lowest BCUT2D eigenvalue weighted by Gasteiger charge is -2.47. The van der Waals surface area contributed by atoms with Gasteiger partial charge in [-0.1, -0.05) is 12.8 Å². The Morgan fingerprint density at radius 3 is 3.05 bits per heavy atom. The van der Waals surface area contributed by atoms with Crippen molar-refractivity contribution < 1.29 is 9.90 Å². The third kappa shape index (κ3) is 2.16. The lowest BCUT2D eigenvalue weighted by Crippen LogP contribution is -2.54. The maximum atomic E-state index is 12.4. The molecule has 0 spiro atoms. The van der Waals surface area contributed by atoms with Crippen LogP contribution in [-0.2, 0) is 7.05 Å². The molecule has 1 aliphatic carbocycles. The van der Waals surface area contributed by atoms with Crippen LogP contribution < -0.4 is 0 Å². The van der Waals surface area contributed by atoms with Crippen LogP contribution in [-0.4, -0.2) is 44.4 Å². The van der Waals surface area contributed by atoms with E-state index < -0.39 is 5.60 Å². The van der Waals surface area contributed by atoms with Gasteiger partial charge in [0.25, 0.3) is 5.91 Å². The summed E-state index contributed by atoms with van der Waals surface area (Å²) >= 11 is 0. The van der Waals surface area contributed by atoms with Crippen molar-refractivity contribution in [2.75, 3.05) is 13.1 Å². The van der Waals surface area contributed by atoms with Crippen LogP contribution in [0.1, 0.15) is 42.6 Å². The molecule has 1 aromatic heterocycles. The minimum absolute atomic E-state index is 0.0348. The Kier molecular flexibility index (Phi) is 3.09. The topological polar surface area (TPSA) is 58.4 Å². The molecule has 2 fully saturated rings. The number of fused-ring (bicyclic) bond motifs is 1. The van der Waals surface area contributed by atoms with Crippen LogP contribution in [0.4, 0.5) is 0 Å². The maximum absolute atomic E-state index is 12.4. The standard InChI is InChI=1S/C14H21N3O2/c1-16-12(5-8-15-16)13(18)17-9-7-14(19)6-3-2-4-11(14)10-17/h5,8,11,19H,2-4,6-7,9-10H2,1H3. The molecule has 1 saturated heterocycles. The van der Waals surface area contributed by atoms with Crippen molar-refractivity contribution in [1.29, 1.82) is 0 Å². The van der Waals surface area contributed by atoms with E-state index in [0.717, 1.165) is 19.3 Å². The minimum atomic E-state index is -0.526. The van der Waals surface area contributed by atoms with Crippen LogP contribution in [0.25, 0.3) is 0 Å². The number of rotatable bonds is 1. The molecule has 0 bridgehead atoms. The quantitative estimate of drug-likeness (QED) is 0.828. The Hall–Kier alpha value is -1.36. The van der Waals surface area contributed by atoms with Crippen LogP contribution >= 0.6 is 0 Å². The smallest absolute Gasteiger partial charge is 0.272 e. The molecule has 104 valence electrons. The van der Waals surface area contributed by atoms with Gasteiger partial charge in [0.2, 0.25) is 0 Å². The first-order chi connectivity index (χ1) is 9.10. The van der Waals surface area contributed by atoms with Gasteiger partial charge in [0.15, 0.2) is 0 Å². The average Bonchev–Trinajstić information content (AvgIpc) is 2.83.